The van der Waals surface area contributed by atoms with Gasteiger partial charge in [0.15, 0.2) is 5.82 Å². The van der Waals surface area contributed by atoms with Crippen LogP contribution in [-0.4, -0.2) is 48.8 Å². The average molecular weight is 522 g/mol. The molecule has 1 aliphatic heterocycles. The lowest BCUT2D eigenvalue weighted by atomic mass is 10.0. The first-order valence-corrected chi connectivity index (χ1v) is 12.1. The van der Waals surface area contributed by atoms with E-state index in [1.807, 2.05) is 6.92 Å². The summed E-state index contributed by atoms with van der Waals surface area (Å²) in [4.78, 5) is 39.5. The molecule has 1 aliphatic carbocycles. The maximum absolute atomic E-state index is 15.8. The van der Waals surface area contributed by atoms with Crippen LogP contribution in [-0.2, 0) is 9.39 Å². The highest BCUT2D eigenvalue weighted by Gasteiger charge is 2.37. The highest BCUT2D eigenvalue weighted by Crippen LogP contribution is 2.43. The second kappa shape index (κ2) is 9.49. The zero-order chi connectivity index (χ0) is 27.4. The number of aryl methyl sites for hydroxylation is 1. The third-order valence-electron chi connectivity index (χ3n) is 6.65. The number of nitrogens with two attached hydrogens (primary N) is 1. The van der Waals surface area contributed by atoms with Crippen LogP contribution in [0.25, 0.3) is 10.9 Å². The minimum absolute atomic E-state index is 0.0552. The second-order valence-electron chi connectivity index (χ2n) is 10.7. The Bertz CT molecular complexity index is 1320. The molecule has 200 valence electrons. The monoisotopic (exact) mass is 522 g/mol. The number of anilines is 2. The van der Waals surface area contributed by atoms with Gasteiger partial charge in [-0.15, -0.1) is 0 Å². The molecular weight excluding hydrogens is 492 g/mol. The Kier molecular flexibility index (Phi) is 6.85. The standard InChI is InChI=1S/C24H30BF3N4O5/c1-11-8-31(10-15(11)30-23(35)36-24(3,4)5)20-12(2)19-16(18(29)17(20)26)21(33)14(22(34)37-25(27)28)9-32(19)13-6-7-13/h9,11,13,15H,6-8,10,29H2,1-5H3,(H,30,35)/t11-,15-/m0/s1. The third kappa shape index (κ3) is 5.21. The maximum atomic E-state index is 15.8. The Balaban J connectivity index is 1.78. The molecule has 0 spiro atoms. The van der Waals surface area contributed by atoms with Gasteiger partial charge in [0.25, 0.3) is 0 Å². The topological polar surface area (TPSA) is 116 Å². The van der Waals surface area contributed by atoms with Crippen LogP contribution in [0.15, 0.2) is 11.0 Å². The lowest BCUT2D eigenvalue weighted by molar-refractivity contribution is 0.0499. The fourth-order valence-electron chi connectivity index (χ4n) is 4.88. The van der Waals surface area contributed by atoms with E-state index in [1.165, 1.54) is 6.20 Å². The first kappa shape index (κ1) is 26.7. The van der Waals surface area contributed by atoms with E-state index in [1.54, 1.807) is 37.2 Å². The fraction of sp³-hybridized carbons (Fsp3) is 0.542. The molecule has 1 saturated carbocycles. The number of nitrogens with one attached hydrogen (secondary N) is 1. The molecule has 13 heteroatoms. The van der Waals surface area contributed by atoms with Crippen molar-refractivity contribution in [3.05, 3.63) is 33.4 Å². The van der Waals surface area contributed by atoms with Gasteiger partial charge in [-0.2, -0.15) is 0 Å². The van der Waals surface area contributed by atoms with Crippen molar-refractivity contribution in [1.29, 1.82) is 0 Å². The zero-order valence-electron chi connectivity index (χ0n) is 21.4. The Labute approximate surface area is 212 Å². The van der Waals surface area contributed by atoms with E-state index in [2.05, 4.69) is 9.97 Å². The van der Waals surface area contributed by atoms with Gasteiger partial charge in [-0.05, 0) is 52.0 Å². The molecule has 9 nitrogen and oxygen atoms in total. The van der Waals surface area contributed by atoms with Gasteiger partial charge in [-0.25, -0.2) is 22.6 Å². The Morgan fingerprint density at radius 2 is 1.86 bits per heavy atom. The average Bonchev–Trinajstić information content (AvgIpc) is 3.54. The van der Waals surface area contributed by atoms with E-state index < -0.39 is 47.6 Å². The van der Waals surface area contributed by atoms with E-state index >= 15 is 4.39 Å². The lowest BCUT2D eigenvalue weighted by Crippen LogP contribution is -2.42. The van der Waals surface area contributed by atoms with E-state index in [4.69, 9.17) is 10.5 Å². The summed E-state index contributed by atoms with van der Waals surface area (Å²) in [6.45, 7) is 9.50. The van der Waals surface area contributed by atoms with Crippen molar-refractivity contribution in [2.75, 3.05) is 23.7 Å². The van der Waals surface area contributed by atoms with E-state index in [9.17, 15) is 23.0 Å². The lowest BCUT2D eigenvalue weighted by Gasteiger charge is -2.26. The SMILES string of the molecule is Cc1c(N2C[C@H](NC(=O)OC(C)(C)C)[C@@H](C)C2)c(F)c(N)c2c(=O)c(C(=O)OB(F)F)cn(C3CC3)c12. The van der Waals surface area contributed by atoms with Gasteiger partial charge in [0, 0.05) is 25.3 Å². The molecule has 1 aromatic heterocycles. The number of hydrogen-bond donors (Lipinski definition) is 2. The van der Waals surface area contributed by atoms with E-state index in [-0.39, 0.29) is 35.6 Å². The van der Waals surface area contributed by atoms with Crippen LogP contribution < -0.4 is 21.4 Å². The summed E-state index contributed by atoms with van der Waals surface area (Å²) < 4.78 is 52.0. The first-order valence-electron chi connectivity index (χ1n) is 12.1. The van der Waals surface area contributed by atoms with Gasteiger partial charge in [-0.1, -0.05) is 6.92 Å². The number of nitrogen functional groups attached to an aromatic ring is 1. The van der Waals surface area contributed by atoms with Gasteiger partial charge in [0.2, 0.25) is 5.43 Å². The molecule has 2 fully saturated rings. The van der Waals surface area contributed by atoms with Crippen LogP contribution in [0.4, 0.5) is 29.2 Å². The maximum Gasteiger partial charge on any atom is 0.798 e. The number of fused-ring (bicyclic) bond motifs is 1. The van der Waals surface area contributed by atoms with Gasteiger partial charge in [0.1, 0.15) is 11.2 Å². The number of amides is 1. The summed E-state index contributed by atoms with van der Waals surface area (Å²) in [7, 11) is -3.41. The van der Waals surface area contributed by atoms with E-state index in [0.29, 0.717) is 17.6 Å². The zero-order valence-corrected chi connectivity index (χ0v) is 21.4. The molecule has 4 rings (SSSR count). The summed E-state index contributed by atoms with van der Waals surface area (Å²) in [5, 5.41) is 2.59. The number of alkyl carbamates (subject to hydrolysis) is 1. The number of hydrogen-bond acceptors (Lipinski definition) is 7. The van der Waals surface area contributed by atoms with Crippen molar-refractivity contribution in [3.63, 3.8) is 0 Å². The van der Waals surface area contributed by atoms with Crippen molar-refractivity contribution in [1.82, 2.24) is 9.88 Å². The molecule has 2 aromatic rings. The number of aromatic nitrogens is 1. The quantitative estimate of drug-likeness (QED) is 0.454. The molecule has 2 aliphatic rings. The number of benzene rings is 1. The highest BCUT2D eigenvalue weighted by atomic mass is 19.2. The van der Waals surface area contributed by atoms with Gasteiger partial charge in [0.05, 0.1) is 28.3 Å². The van der Waals surface area contributed by atoms with Crippen molar-refractivity contribution < 1.29 is 32.0 Å². The Hall–Kier alpha value is -3.38. The van der Waals surface area contributed by atoms with Crippen molar-refractivity contribution in [2.45, 2.75) is 65.1 Å². The van der Waals surface area contributed by atoms with Crippen LogP contribution in [0, 0.1) is 18.7 Å². The third-order valence-corrected chi connectivity index (χ3v) is 6.65. The Morgan fingerprint density at radius 3 is 2.43 bits per heavy atom. The summed E-state index contributed by atoms with van der Waals surface area (Å²) >= 11 is 0. The van der Waals surface area contributed by atoms with E-state index in [0.717, 1.165) is 12.8 Å². The number of pyridine rings is 1. The second-order valence-corrected chi connectivity index (χ2v) is 10.7. The number of halogens is 3. The van der Waals surface area contributed by atoms with Crippen molar-refractivity contribution in [2.24, 2.45) is 5.92 Å². The smallest absolute Gasteiger partial charge is 0.474 e. The van der Waals surface area contributed by atoms with Crippen LogP contribution in [0.3, 0.4) is 0 Å². The molecule has 2 heterocycles. The predicted octanol–water partition coefficient (Wildman–Crippen LogP) is 3.80. The van der Waals surface area contributed by atoms with Gasteiger partial charge >= 0.3 is 19.5 Å². The molecule has 3 N–H and O–H groups in total. The normalized spacial score (nSPS) is 19.7. The minimum Gasteiger partial charge on any atom is -0.474 e. The Morgan fingerprint density at radius 1 is 1.22 bits per heavy atom. The van der Waals surface area contributed by atoms with Gasteiger partial charge in [-0.3, -0.25) is 4.79 Å². The number of rotatable bonds is 5. The number of carbonyl (C=O) groups excluding carboxylic acids is 2. The summed E-state index contributed by atoms with van der Waals surface area (Å²) in [6, 6.07) is -0.431. The minimum atomic E-state index is -3.41. The van der Waals surface area contributed by atoms with Crippen LogP contribution in [0.1, 0.15) is 62.5 Å². The van der Waals surface area contributed by atoms with Crippen LogP contribution >= 0.6 is 0 Å². The van der Waals surface area contributed by atoms with Crippen molar-refractivity contribution >= 4 is 41.8 Å². The van der Waals surface area contributed by atoms with Crippen LogP contribution in [0.5, 0.6) is 0 Å². The fourth-order valence-corrected chi connectivity index (χ4v) is 4.88. The summed E-state index contributed by atoms with van der Waals surface area (Å²) in [5.41, 5.74) is 4.33. The first-order chi connectivity index (χ1) is 17.2. The number of nitrogens with zero attached hydrogens (tertiary/aromatic N) is 2. The molecular formula is C24H30BF3N4O5. The molecule has 37 heavy (non-hydrogen) atoms. The largest absolute Gasteiger partial charge is 0.798 e. The highest BCUT2D eigenvalue weighted by molar-refractivity contribution is 6.38. The molecule has 1 saturated heterocycles. The van der Waals surface area contributed by atoms with Gasteiger partial charge < -0.3 is 29.9 Å². The summed E-state index contributed by atoms with van der Waals surface area (Å²) in [5.74, 6) is -2.41. The molecule has 0 bridgehead atoms. The van der Waals surface area contributed by atoms with Crippen LogP contribution in [0.2, 0.25) is 0 Å². The predicted molar refractivity (Wildman–Crippen MR) is 134 cm³/mol. The molecule has 0 unspecified atom stereocenters. The summed E-state index contributed by atoms with van der Waals surface area (Å²) in [6.07, 6.45) is 2.08. The number of carbonyl (C=O) groups is 2. The molecule has 2 atom stereocenters. The molecule has 0 radical (unpaired) electrons. The molecule has 1 aromatic carbocycles. The van der Waals surface area contributed by atoms with Crippen molar-refractivity contribution in [3.8, 4) is 0 Å². The molecule has 1 amide bonds. The number of ether oxygens (including phenoxy) is 1.